The molecule has 6 heteroatoms. The first kappa shape index (κ1) is 13.3. The fourth-order valence-corrected chi connectivity index (χ4v) is 2.13. The molecule has 0 spiro atoms. The van der Waals surface area contributed by atoms with E-state index in [9.17, 15) is 4.39 Å². The predicted octanol–water partition coefficient (Wildman–Crippen LogP) is 3.89. The first-order chi connectivity index (χ1) is 8.67. The summed E-state index contributed by atoms with van der Waals surface area (Å²) in [6.07, 6.45) is 0.886. The molecule has 0 saturated heterocycles. The molecular formula is C12H12Cl2FN3. The van der Waals surface area contributed by atoms with Crippen LogP contribution in [0.25, 0.3) is 11.4 Å². The number of nitrogens with zero attached hydrogens (tertiary/aromatic N) is 3. The van der Waals surface area contributed by atoms with E-state index in [1.54, 1.807) is 6.07 Å². The first-order valence-electron chi connectivity index (χ1n) is 5.60. The Labute approximate surface area is 115 Å². The number of benzene rings is 1. The lowest BCUT2D eigenvalue weighted by atomic mass is 10.2. The van der Waals surface area contributed by atoms with Gasteiger partial charge in [0.25, 0.3) is 0 Å². The minimum atomic E-state index is -0.370. The summed E-state index contributed by atoms with van der Waals surface area (Å²) in [5.41, 5.74) is 0.347. The van der Waals surface area contributed by atoms with Crippen LogP contribution in [-0.2, 0) is 12.4 Å². The Bertz CT molecular complexity index is 554. The Morgan fingerprint density at radius 3 is 2.78 bits per heavy atom. The van der Waals surface area contributed by atoms with E-state index in [2.05, 4.69) is 10.2 Å². The molecule has 0 aliphatic rings. The molecule has 0 amide bonds. The number of halogens is 3. The smallest absolute Gasteiger partial charge is 0.167 e. The summed E-state index contributed by atoms with van der Waals surface area (Å²) in [6, 6.07) is 4.37. The molecule has 1 aromatic carbocycles. The Kier molecular flexibility index (Phi) is 4.19. The molecule has 0 aliphatic heterocycles. The monoisotopic (exact) mass is 287 g/mol. The van der Waals surface area contributed by atoms with Gasteiger partial charge in [-0.25, -0.2) is 4.39 Å². The number of aromatic nitrogens is 3. The third-order valence-corrected chi connectivity index (χ3v) is 3.04. The highest BCUT2D eigenvalue weighted by molar-refractivity contribution is 6.30. The number of hydrogen-bond donors (Lipinski definition) is 0. The van der Waals surface area contributed by atoms with Gasteiger partial charge in [0, 0.05) is 11.6 Å². The van der Waals surface area contributed by atoms with E-state index in [4.69, 9.17) is 23.2 Å². The molecule has 0 N–H and O–H groups in total. The third-order valence-electron chi connectivity index (χ3n) is 2.56. The Morgan fingerprint density at radius 1 is 1.33 bits per heavy atom. The second kappa shape index (κ2) is 5.67. The highest BCUT2D eigenvalue weighted by Gasteiger charge is 2.16. The summed E-state index contributed by atoms with van der Waals surface area (Å²) >= 11 is 11.7. The topological polar surface area (TPSA) is 30.7 Å². The maximum Gasteiger partial charge on any atom is 0.167 e. The lowest BCUT2D eigenvalue weighted by molar-refractivity contribution is 0.621. The summed E-state index contributed by atoms with van der Waals surface area (Å²) in [5.74, 6) is 0.973. The van der Waals surface area contributed by atoms with Crippen LogP contribution in [0.4, 0.5) is 4.39 Å². The van der Waals surface area contributed by atoms with Crippen LogP contribution in [0.2, 0.25) is 5.02 Å². The summed E-state index contributed by atoms with van der Waals surface area (Å²) in [5, 5.41) is 8.44. The van der Waals surface area contributed by atoms with Crippen LogP contribution < -0.4 is 0 Å². The van der Waals surface area contributed by atoms with Crippen molar-refractivity contribution in [3.8, 4) is 11.4 Å². The minimum absolute atomic E-state index is 0.245. The fourth-order valence-electron chi connectivity index (χ4n) is 1.76. The lowest BCUT2D eigenvalue weighted by Gasteiger charge is -2.08. The van der Waals surface area contributed by atoms with Gasteiger partial charge in [0.2, 0.25) is 0 Å². The molecule has 2 aromatic rings. The van der Waals surface area contributed by atoms with Crippen molar-refractivity contribution in [1.29, 1.82) is 0 Å². The molecule has 0 atom stereocenters. The summed E-state index contributed by atoms with van der Waals surface area (Å²) in [6.45, 7) is 2.71. The van der Waals surface area contributed by atoms with E-state index in [-0.39, 0.29) is 11.7 Å². The number of hydrogen-bond acceptors (Lipinski definition) is 2. The molecule has 18 heavy (non-hydrogen) atoms. The highest BCUT2D eigenvalue weighted by atomic mass is 35.5. The predicted molar refractivity (Wildman–Crippen MR) is 70.3 cm³/mol. The van der Waals surface area contributed by atoms with E-state index < -0.39 is 0 Å². The zero-order chi connectivity index (χ0) is 13.1. The molecule has 0 aliphatic carbocycles. The second-order valence-electron chi connectivity index (χ2n) is 3.85. The van der Waals surface area contributed by atoms with Crippen molar-refractivity contribution in [3.05, 3.63) is 34.9 Å². The second-order valence-corrected chi connectivity index (χ2v) is 4.55. The van der Waals surface area contributed by atoms with Crippen LogP contribution in [0.5, 0.6) is 0 Å². The number of alkyl halides is 1. The third kappa shape index (κ3) is 2.49. The molecule has 2 rings (SSSR count). The van der Waals surface area contributed by atoms with Crippen molar-refractivity contribution < 1.29 is 4.39 Å². The average molecular weight is 288 g/mol. The zero-order valence-corrected chi connectivity index (χ0v) is 11.3. The first-order valence-corrected chi connectivity index (χ1v) is 6.52. The van der Waals surface area contributed by atoms with Gasteiger partial charge in [0.1, 0.15) is 11.6 Å². The van der Waals surface area contributed by atoms with E-state index >= 15 is 0 Å². The molecule has 3 nitrogen and oxygen atoms in total. The van der Waals surface area contributed by atoms with Gasteiger partial charge in [-0.1, -0.05) is 18.5 Å². The van der Waals surface area contributed by atoms with Crippen molar-refractivity contribution in [1.82, 2.24) is 14.8 Å². The van der Waals surface area contributed by atoms with E-state index in [1.165, 1.54) is 12.1 Å². The fraction of sp³-hybridized carbons (Fsp3) is 0.333. The van der Waals surface area contributed by atoms with Gasteiger partial charge in [-0.05, 0) is 24.6 Å². The summed E-state index contributed by atoms with van der Waals surface area (Å²) in [7, 11) is 0. The van der Waals surface area contributed by atoms with Gasteiger partial charge in [-0.15, -0.1) is 21.8 Å². The molecule has 0 unspecified atom stereocenters. The number of rotatable bonds is 4. The van der Waals surface area contributed by atoms with Crippen LogP contribution in [0, 0.1) is 5.82 Å². The molecule has 0 fully saturated rings. The van der Waals surface area contributed by atoms with Crippen LogP contribution in [-0.4, -0.2) is 14.8 Å². The van der Waals surface area contributed by atoms with Gasteiger partial charge < -0.3 is 4.57 Å². The maximum absolute atomic E-state index is 13.8. The molecule has 1 aromatic heterocycles. The molecule has 0 bridgehead atoms. The van der Waals surface area contributed by atoms with Crippen LogP contribution in [0.1, 0.15) is 19.2 Å². The van der Waals surface area contributed by atoms with Crippen molar-refractivity contribution in [2.75, 3.05) is 0 Å². The van der Waals surface area contributed by atoms with Crippen LogP contribution >= 0.6 is 23.2 Å². The van der Waals surface area contributed by atoms with E-state index in [1.807, 2.05) is 11.5 Å². The SMILES string of the molecule is CCCn1c(CCl)nnc1-c1cc(Cl)ccc1F. The zero-order valence-electron chi connectivity index (χ0n) is 9.83. The van der Waals surface area contributed by atoms with Crippen molar-refractivity contribution in [3.63, 3.8) is 0 Å². The van der Waals surface area contributed by atoms with Gasteiger partial charge in [-0.2, -0.15) is 0 Å². The Hall–Kier alpha value is -1.13. The largest absolute Gasteiger partial charge is 0.310 e. The normalized spacial score (nSPS) is 10.9. The van der Waals surface area contributed by atoms with Crippen LogP contribution in [0.15, 0.2) is 18.2 Å². The van der Waals surface area contributed by atoms with Gasteiger partial charge in [0.15, 0.2) is 5.82 Å². The van der Waals surface area contributed by atoms with Crippen molar-refractivity contribution in [2.24, 2.45) is 0 Å². The molecular weight excluding hydrogens is 276 g/mol. The van der Waals surface area contributed by atoms with Crippen LogP contribution in [0.3, 0.4) is 0 Å². The molecule has 96 valence electrons. The van der Waals surface area contributed by atoms with Gasteiger partial charge in [-0.3, -0.25) is 0 Å². The van der Waals surface area contributed by atoms with E-state index in [0.29, 0.717) is 28.8 Å². The quantitative estimate of drug-likeness (QED) is 0.799. The van der Waals surface area contributed by atoms with Crippen molar-refractivity contribution in [2.45, 2.75) is 25.8 Å². The highest BCUT2D eigenvalue weighted by Crippen LogP contribution is 2.25. The summed E-state index contributed by atoms with van der Waals surface area (Å²) in [4.78, 5) is 0. The standard InChI is InChI=1S/C12H12Cl2FN3/c1-2-5-18-11(7-13)16-17-12(18)9-6-8(14)3-4-10(9)15/h3-4,6H,2,5,7H2,1H3. The summed E-state index contributed by atoms with van der Waals surface area (Å²) < 4.78 is 15.6. The lowest BCUT2D eigenvalue weighted by Crippen LogP contribution is -2.04. The van der Waals surface area contributed by atoms with E-state index in [0.717, 1.165) is 6.42 Å². The maximum atomic E-state index is 13.8. The molecule has 1 heterocycles. The Morgan fingerprint density at radius 2 is 2.11 bits per heavy atom. The van der Waals surface area contributed by atoms with Gasteiger partial charge >= 0.3 is 0 Å². The van der Waals surface area contributed by atoms with Crippen molar-refractivity contribution >= 4 is 23.2 Å². The Balaban J connectivity index is 2.56. The molecule has 0 saturated carbocycles. The molecule has 0 radical (unpaired) electrons. The average Bonchev–Trinajstić information content (AvgIpc) is 2.76. The minimum Gasteiger partial charge on any atom is -0.310 e. The van der Waals surface area contributed by atoms with Gasteiger partial charge in [0.05, 0.1) is 11.4 Å².